The van der Waals surface area contributed by atoms with Crippen LogP contribution in [-0.2, 0) is 14.4 Å². The molecule has 0 saturated carbocycles. The fourth-order valence-corrected chi connectivity index (χ4v) is 1.20. The van der Waals surface area contributed by atoms with Crippen LogP contribution in [0.1, 0.15) is 1.43 Å². The Balaban J connectivity index is 0. The summed E-state index contributed by atoms with van der Waals surface area (Å²) in [6.07, 6.45) is 1.22. The number of urea groups is 1. The van der Waals surface area contributed by atoms with E-state index in [1.807, 2.05) is 0 Å². The molecule has 0 spiro atoms. The molecule has 0 unspecified atom stereocenters. The van der Waals surface area contributed by atoms with Crippen LogP contribution in [0.15, 0.2) is 17.3 Å². The molecule has 74 valence electrons. The third-order valence-corrected chi connectivity index (χ3v) is 2.07. The van der Waals surface area contributed by atoms with Gasteiger partial charge in [-0.15, -0.1) is 4.28 Å². The number of nitrogens with zero attached hydrogens (tertiary/aromatic N) is 1. The molecule has 0 aliphatic heterocycles. The van der Waals surface area contributed by atoms with Crippen LogP contribution in [0.5, 0.6) is 0 Å². The van der Waals surface area contributed by atoms with Gasteiger partial charge in [0.25, 0.3) is 0 Å². The van der Waals surface area contributed by atoms with Crippen LogP contribution in [0.25, 0.3) is 0 Å². The van der Waals surface area contributed by atoms with Crippen molar-refractivity contribution < 1.29 is 70.3 Å². The van der Waals surface area contributed by atoms with E-state index in [9.17, 15) is 13.2 Å². The number of hydroxylamine groups is 1. The van der Waals surface area contributed by atoms with Crippen molar-refractivity contribution in [3.8, 4) is 0 Å². The summed E-state index contributed by atoms with van der Waals surface area (Å²) in [6.45, 7) is 0. The first-order valence-electron chi connectivity index (χ1n) is 3.00. The summed E-state index contributed by atoms with van der Waals surface area (Å²) in [5, 5.41) is 5.26. The van der Waals surface area contributed by atoms with Crippen LogP contribution in [0.4, 0.5) is 4.79 Å². The molecule has 1 aromatic rings. The van der Waals surface area contributed by atoms with Gasteiger partial charge < -0.3 is 7.16 Å². The van der Waals surface area contributed by atoms with Crippen molar-refractivity contribution in [2.75, 3.05) is 0 Å². The molecule has 1 rings (SSSR count). The molecular formula is C4H7KN4O4S. The van der Waals surface area contributed by atoms with Gasteiger partial charge in [-0.25, -0.2) is 4.79 Å². The molecule has 0 saturated heterocycles. The van der Waals surface area contributed by atoms with E-state index < -0.39 is 16.1 Å². The monoisotopic (exact) mass is 246 g/mol. The third-order valence-electron chi connectivity index (χ3n) is 0.996. The van der Waals surface area contributed by atoms with Crippen LogP contribution in [0.3, 0.4) is 0 Å². The largest absolute Gasteiger partial charge is 1.00 e. The first-order chi connectivity index (χ1) is 6.02. The van der Waals surface area contributed by atoms with Crippen molar-refractivity contribution in [1.82, 2.24) is 15.7 Å². The van der Waals surface area contributed by atoms with E-state index in [1.165, 1.54) is 11.7 Å². The Morgan fingerprint density at radius 1 is 1.71 bits per heavy atom. The zero-order chi connectivity index (χ0) is 9.90. The van der Waals surface area contributed by atoms with Crippen molar-refractivity contribution in [1.29, 1.82) is 0 Å². The second-order valence-corrected chi connectivity index (χ2v) is 3.44. The number of nitrogens with one attached hydrogen (secondary N) is 2. The number of hydrogen-bond donors (Lipinski definition) is 3. The second-order valence-electron chi connectivity index (χ2n) is 1.92. The van der Waals surface area contributed by atoms with E-state index in [1.54, 1.807) is 0 Å². The van der Waals surface area contributed by atoms with Gasteiger partial charge in [-0.05, 0) is 6.07 Å². The van der Waals surface area contributed by atoms with Crippen LogP contribution in [0.2, 0.25) is 0 Å². The molecule has 14 heavy (non-hydrogen) atoms. The molecule has 0 radical (unpaired) electrons. The molecule has 0 bridgehead atoms. The number of H-pyrrole nitrogens is 1. The maximum Gasteiger partial charge on any atom is 1.00 e. The van der Waals surface area contributed by atoms with Crippen molar-refractivity contribution in [3.63, 3.8) is 0 Å². The van der Waals surface area contributed by atoms with Crippen molar-refractivity contribution in [2.45, 2.75) is 5.03 Å². The molecule has 8 nitrogen and oxygen atoms in total. The normalized spacial score (nSPS) is 10.3. The molecule has 1 heterocycles. The van der Waals surface area contributed by atoms with Gasteiger partial charge in [0.1, 0.15) is 0 Å². The van der Waals surface area contributed by atoms with E-state index in [0.29, 0.717) is 0 Å². The Morgan fingerprint density at radius 3 is 2.79 bits per heavy atom. The van der Waals surface area contributed by atoms with E-state index in [4.69, 9.17) is 0 Å². The molecule has 0 aliphatic rings. The molecule has 0 aliphatic carbocycles. The Morgan fingerprint density at radius 2 is 2.36 bits per heavy atom. The fourth-order valence-electron chi connectivity index (χ4n) is 0.523. The molecule has 4 N–H and O–H groups in total. The minimum Gasteiger partial charge on any atom is -1.00 e. The maximum atomic E-state index is 11.0. The first kappa shape index (κ1) is 14.0. The molecule has 0 atom stereocenters. The predicted octanol–water partition coefficient (Wildman–Crippen LogP) is -4.19. The summed E-state index contributed by atoms with van der Waals surface area (Å²) < 4.78 is 26.1. The summed E-state index contributed by atoms with van der Waals surface area (Å²) in [5.41, 5.74) is 6.06. The van der Waals surface area contributed by atoms with Gasteiger partial charge in [0.15, 0.2) is 5.03 Å². The molecule has 0 fully saturated rings. The molecule has 0 aromatic carbocycles. The molecular weight excluding hydrogens is 239 g/mol. The minimum absolute atomic E-state index is 0. The average molecular weight is 246 g/mol. The van der Waals surface area contributed by atoms with Crippen molar-refractivity contribution in [2.24, 2.45) is 5.73 Å². The van der Waals surface area contributed by atoms with Gasteiger partial charge in [0.05, 0.1) is 6.20 Å². The average Bonchev–Trinajstić information content (AvgIpc) is 2.53. The standard InChI is InChI=1S/C4H6N4O4S.K.H/c5-4(9)8-12-13(10,11)3-1-2-6-7-3;;/h1-2H,(H,6,7)(H3,5,8,9);;/q;+1;-1. The number of carbonyl (C=O) groups is 1. The number of rotatable bonds is 3. The minimum atomic E-state index is -4.04. The van der Waals surface area contributed by atoms with Gasteiger partial charge in [-0.3, -0.25) is 5.10 Å². The van der Waals surface area contributed by atoms with Crippen LogP contribution in [0, 0.1) is 0 Å². The Kier molecular flexibility index (Phi) is 5.81. The topological polar surface area (TPSA) is 127 Å². The number of amides is 2. The number of primary amides is 1. The van der Waals surface area contributed by atoms with E-state index >= 15 is 0 Å². The van der Waals surface area contributed by atoms with Crippen LogP contribution in [-0.4, -0.2) is 24.6 Å². The molecule has 2 amide bonds. The van der Waals surface area contributed by atoms with Crippen molar-refractivity contribution >= 4 is 16.1 Å². The summed E-state index contributed by atoms with van der Waals surface area (Å²) in [7, 11) is -4.04. The van der Waals surface area contributed by atoms with Crippen LogP contribution < -0.4 is 62.6 Å². The van der Waals surface area contributed by atoms with Crippen molar-refractivity contribution in [3.05, 3.63) is 12.3 Å². The van der Waals surface area contributed by atoms with Gasteiger partial charge >= 0.3 is 67.5 Å². The summed E-state index contributed by atoms with van der Waals surface area (Å²) in [6, 6.07) is 0.0564. The molecule has 1 aromatic heterocycles. The van der Waals surface area contributed by atoms with Crippen LogP contribution >= 0.6 is 0 Å². The quantitative estimate of drug-likeness (QED) is 0.368. The first-order valence-corrected chi connectivity index (χ1v) is 4.41. The number of aromatic nitrogens is 2. The second kappa shape index (κ2) is 5.80. The summed E-state index contributed by atoms with van der Waals surface area (Å²) in [4.78, 5) is 10.1. The molecule has 10 heteroatoms. The summed E-state index contributed by atoms with van der Waals surface area (Å²) in [5.74, 6) is 0. The fraction of sp³-hybridized carbons (Fsp3) is 0. The maximum absolute atomic E-state index is 11.0. The SMILES string of the molecule is NC(=O)NOS(=O)(=O)c1ccn[nH]1.[H-].[K+]. The Hall–Kier alpha value is 0.0264. The van der Waals surface area contributed by atoms with Gasteiger partial charge in [0.2, 0.25) is 0 Å². The zero-order valence-corrected chi connectivity index (χ0v) is 11.2. The number of hydrogen-bond acceptors (Lipinski definition) is 5. The zero-order valence-electron chi connectivity index (χ0n) is 8.22. The smallest absolute Gasteiger partial charge is 1.00 e. The predicted molar refractivity (Wildman–Crippen MR) is 40.7 cm³/mol. The Bertz CT molecular complexity index is 393. The third kappa shape index (κ3) is 4.04. The van der Waals surface area contributed by atoms with Gasteiger partial charge in [-0.1, -0.05) is 0 Å². The number of nitrogens with two attached hydrogens (primary N) is 1. The van der Waals surface area contributed by atoms with E-state index in [0.717, 1.165) is 6.07 Å². The number of carbonyl (C=O) groups excluding carboxylic acids is 1. The van der Waals surface area contributed by atoms with Gasteiger partial charge in [0, 0.05) is 0 Å². The van der Waals surface area contributed by atoms with E-state index in [2.05, 4.69) is 20.2 Å². The summed E-state index contributed by atoms with van der Waals surface area (Å²) >= 11 is 0. The van der Waals surface area contributed by atoms with E-state index in [-0.39, 0.29) is 57.8 Å². The number of aromatic amines is 1. The van der Waals surface area contributed by atoms with Gasteiger partial charge in [-0.2, -0.15) is 19.0 Å². The Labute approximate surface area is 124 Å².